The van der Waals surface area contributed by atoms with Gasteiger partial charge in [-0.3, -0.25) is 4.79 Å². The molecule has 156 valence electrons. The molecule has 0 fully saturated rings. The Balaban J connectivity index is 1.82. The maximum absolute atomic E-state index is 13.3. The molecule has 5 nitrogen and oxygen atoms in total. The van der Waals surface area contributed by atoms with Crippen LogP contribution in [0.4, 0.5) is 0 Å². The lowest BCUT2D eigenvalue weighted by Crippen LogP contribution is -2.41. The van der Waals surface area contributed by atoms with Gasteiger partial charge in [0, 0.05) is 6.54 Å². The summed E-state index contributed by atoms with van der Waals surface area (Å²) in [7, 11) is -3.84. The maximum Gasteiger partial charge on any atom is 0.243 e. The number of carbonyl (C=O) groups excluding carboxylic acids is 1. The fraction of sp³-hybridized carbons (Fsp3) is 0.208. The van der Waals surface area contributed by atoms with Gasteiger partial charge in [0.05, 0.1) is 17.5 Å². The van der Waals surface area contributed by atoms with E-state index in [1.54, 1.807) is 24.3 Å². The Bertz CT molecular complexity index is 1070. The molecule has 3 rings (SSSR count). The standard InChI is InChI=1S/C24H26N2O3S/c1-19-13-15-23(16-14-19)30(28,29)26(17-21-9-5-3-6-10-21)18-24(27)25-20(2)22-11-7-4-8-12-22/h3-16,20H,17-18H2,1-2H3,(H,25,27)/t20-/m1/s1. The molecule has 0 aliphatic heterocycles. The van der Waals surface area contributed by atoms with Crippen LogP contribution in [0.25, 0.3) is 0 Å². The summed E-state index contributed by atoms with van der Waals surface area (Å²) in [4.78, 5) is 12.9. The maximum atomic E-state index is 13.3. The summed E-state index contributed by atoms with van der Waals surface area (Å²) in [6, 6.07) is 25.3. The molecule has 0 radical (unpaired) electrons. The van der Waals surface area contributed by atoms with Gasteiger partial charge in [0.2, 0.25) is 15.9 Å². The Kier molecular flexibility index (Phi) is 7.03. The van der Waals surface area contributed by atoms with Crippen molar-refractivity contribution >= 4 is 15.9 Å². The van der Waals surface area contributed by atoms with Crippen LogP contribution >= 0.6 is 0 Å². The van der Waals surface area contributed by atoms with E-state index in [1.807, 2.05) is 74.5 Å². The predicted octanol–water partition coefficient (Wildman–Crippen LogP) is 4.06. The number of hydrogen-bond donors (Lipinski definition) is 1. The van der Waals surface area contributed by atoms with Gasteiger partial charge >= 0.3 is 0 Å². The third-order valence-corrected chi connectivity index (χ3v) is 6.66. The highest BCUT2D eigenvalue weighted by molar-refractivity contribution is 7.89. The van der Waals surface area contributed by atoms with Gasteiger partial charge in [-0.1, -0.05) is 78.4 Å². The molecule has 0 heterocycles. The van der Waals surface area contributed by atoms with Crippen molar-refractivity contribution in [1.29, 1.82) is 0 Å². The van der Waals surface area contributed by atoms with Crippen LogP contribution in [-0.4, -0.2) is 25.2 Å². The van der Waals surface area contributed by atoms with Crippen LogP contribution in [0.2, 0.25) is 0 Å². The van der Waals surface area contributed by atoms with Gasteiger partial charge in [-0.15, -0.1) is 0 Å². The highest BCUT2D eigenvalue weighted by Gasteiger charge is 2.27. The molecule has 0 spiro atoms. The Morgan fingerprint density at radius 3 is 2.07 bits per heavy atom. The summed E-state index contributed by atoms with van der Waals surface area (Å²) >= 11 is 0. The first-order valence-electron chi connectivity index (χ1n) is 9.81. The molecular weight excluding hydrogens is 396 g/mol. The fourth-order valence-corrected chi connectivity index (χ4v) is 4.53. The lowest BCUT2D eigenvalue weighted by Gasteiger charge is -2.23. The van der Waals surface area contributed by atoms with Crippen LogP contribution in [0, 0.1) is 6.92 Å². The molecule has 0 aromatic heterocycles. The first kappa shape index (κ1) is 21.7. The van der Waals surface area contributed by atoms with Crippen LogP contribution in [0.15, 0.2) is 89.8 Å². The van der Waals surface area contributed by atoms with E-state index in [4.69, 9.17) is 0 Å². The lowest BCUT2D eigenvalue weighted by molar-refractivity contribution is -0.122. The Hall–Kier alpha value is -2.96. The van der Waals surface area contributed by atoms with Gasteiger partial charge < -0.3 is 5.32 Å². The van der Waals surface area contributed by atoms with Crippen LogP contribution < -0.4 is 5.32 Å². The van der Waals surface area contributed by atoms with Crippen LogP contribution in [0.1, 0.15) is 29.7 Å². The van der Waals surface area contributed by atoms with Crippen LogP contribution in [0.3, 0.4) is 0 Å². The molecule has 0 saturated carbocycles. The molecule has 0 bridgehead atoms. The number of aryl methyl sites for hydroxylation is 1. The smallest absolute Gasteiger partial charge is 0.243 e. The number of nitrogens with one attached hydrogen (secondary N) is 1. The molecule has 0 aliphatic rings. The Morgan fingerprint density at radius 1 is 0.900 bits per heavy atom. The molecule has 30 heavy (non-hydrogen) atoms. The van der Waals surface area contributed by atoms with Crippen LogP contribution in [0.5, 0.6) is 0 Å². The van der Waals surface area contributed by atoms with E-state index in [9.17, 15) is 13.2 Å². The summed E-state index contributed by atoms with van der Waals surface area (Å²) in [6.45, 7) is 3.63. The zero-order chi connectivity index (χ0) is 21.6. The first-order chi connectivity index (χ1) is 14.4. The van der Waals surface area contributed by atoms with E-state index in [1.165, 1.54) is 4.31 Å². The number of rotatable bonds is 8. The monoisotopic (exact) mass is 422 g/mol. The van der Waals surface area contributed by atoms with E-state index in [0.29, 0.717) is 0 Å². The van der Waals surface area contributed by atoms with Crippen molar-refractivity contribution < 1.29 is 13.2 Å². The van der Waals surface area contributed by atoms with E-state index < -0.39 is 10.0 Å². The van der Waals surface area contributed by atoms with E-state index in [0.717, 1.165) is 16.7 Å². The van der Waals surface area contributed by atoms with Crippen molar-refractivity contribution in [2.45, 2.75) is 31.3 Å². The number of nitrogens with zero attached hydrogens (tertiary/aromatic N) is 1. The van der Waals surface area contributed by atoms with Gasteiger partial charge in [0.1, 0.15) is 0 Å². The molecule has 6 heteroatoms. The van der Waals surface area contributed by atoms with Crippen molar-refractivity contribution in [2.75, 3.05) is 6.54 Å². The lowest BCUT2D eigenvalue weighted by atomic mass is 10.1. The zero-order valence-corrected chi connectivity index (χ0v) is 18.0. The minimum Gasteiger partial charge on any atom is -0.348 e. The minimum atomic E-state index is -3.84. The summed E-state index contributed by atoms with van der Waals surface area (Å²) in [6.07, 6.45) is 0. The average molecular weight is 423 g/mol. The molecule has 3 aromatic rings. The van der Waals surface area contributed by atoms with Crippen LogP contribution in [-0.2, 0) is 21.4 Å². The number of amides is 1. The van der Waals surface area contributed by atoms with Crippen molar-refractivity contribution in [3.05, 3.63) is 102 Å². The van der Waals surface area contributed by atoms with E-state index in [-0.39, 0.29) is 29.9 Å². The van der Waals surface area contributed by atoms with Crippen molar-refractivity contribution in [3.8, 4) is 0 Å². The van der Waals surface area contributed by atoms with Gasteiger partial charge in [0.15, 0.2) is 0 Å². The molecular formula is C24H26N2O3S. The van der Waals surface area contributed by atoms with Gasteiger partial charge in [-0.05, 0) is 37.1 Å². The summed E-state index contributed by atoms with van der Waals surface area (Å²) in [5.74, 6) is -0.349. The largest absolute Gasteiger partial charge is 0.348 e. The normalized spacial score (nSPS) is 12.5. The third kappa shape index (κ3) is 5.55. The van der Waals surface area contributed by atoms with Gasteiger partial charge in [-0.25, -0.2) is 8.42 Å². The molecule has 1 atom stereocenters. The highest BCUT2D eigenvalue weighted by atomic mass is 32.2. The van der Waals surface area contributed by atoms with Gasteiger partial charge in [0.25, 0.3) is 0 Å². The quantitative estimate of drug-likeness (QED) is 0.595. The Morgan fingerprint density at radius 2 is 1.47 bits per heavy atom. The number of carbonyl (C=O) groups is 1. The second-order valence-corrected chi connectivity index (χ2v) is 9.21. The average Bonchev–Trinajstić information content (AvgIpc) is 2.75. The number of benzene rings is 3. The number of hydrogen-bond acceptors (Lipinski definition) is 3. The van der Waals surface area contributed by atoms with E-state index >= 15 is 0 Å². The molecule has 1 amide bonds. The summed E-state index contributed by atoms with van der Waals surface area (Å²) in [5.41, 5.74) is 2.75. The summed E-state index contributed by atoms with van der Waals surface area (Å²) < 4.78 is 27.8. The van der Waals surface area contributed by atoms with Crippen molar-refractivity contribution in [3.63, 3.8) is 0 Å². The number of sulfonamides is 1. The molecule has 3 aromatic carbocycles. The highest BCUT2D eigenvalue weighted by Crippen LogP contribution is 2.19. The van der Waals surface area contributed by atoms with Gasteiger partial charge in [-0.2, -0.15) is 4.31 Å². The topological polar surface area (TPSA) is 66.5 Å². The second kappa shape index (κ2) is 9.69. The molecule has 0 saturated heterocycles. The van der Waals surface area contributed by atoms with Crippen molar-refractivity contribution in [2.24, 2.45) is 0 Å². The predicted molar refractivity (Wildman–Crippen MR) is 118 cm³/mol. The minimum absolute atomic E-state index is 0.115. The first-order valence-corrected chi connectivity index (χ1v) is 11.3. The van der Waals surface area contributed by atoms with E-state index in [2.05, 4.69) is 5.32 Å². The third-order valence-electron chi connectivity index (χ3n) is 4.86. The fourth-order valence-electron chi connectivity index (χ4n) is 3.14. The summed E-state index contributed by atoms with van der Waals surface area (Å²) in [5, 5.41) is 2.90. The second-order valence-electron chi connectivity index (χ2n) is 7.27. The molecule has 0 aliphatic carbocycles. The molecule has 0 unspecified atom stereocenters. The molecule has 1 N–H and O–H groups in total. The van der Waals surface area contributed by atoms with Crippen molar-refractivity contribution in [1.82, 2.24) is 9.62 Å². The SMILES string of the molecule is Cc1ccc(S(=O)(=O)N(CC(=O)N[C@H](C)c2ccccc2)Cc2ccccc2)cc1. The Labute approximate surface area is 178 Å². The zero-order valence-electron chi connectivity index (χ0n) is 17.2.